The smallest absolute Gasteiger partial charge is 0.323 e. The number of hydrogen-bond acceptors (Lipinski definition) is 5. The summed E-state index contributed by atoms with van der Waals surface area (Å²) in [5, 5.41) is 0.487. The molecule has 5 nitrogen and oxygen atoms in total. The van der Waals surface area contributed by atoms with Crippen LogP contribution in [0.2, 0.25) is 10.3 Å². The van der Waals surface area contributed by atoms with Gasteiger partial charge in [0.15, 0.2) is 0 Å². The van der Waals surface area contributed by atoms with Crippen LogP contribution in [-0.4, -0.2) is 22.0 Å². The predicted octanol–water partition coefficient (Wildman–Crippen LogP) is 2.40. The molecule has 0 bridgehead atoms. The second-order valence-electron chi connectivity index (χ2n) is 4.40. The molecule has 0 aliphatic heterocycles. The summed E-state index contributed by atoms with van der Waals surface area (Å²) in [7, 11) is 0. The van der Waals surface area contributed by atoms with Crippen LogP contribution in [0.25, 0.3) is 0 Å². The van der Waals surface area contributed by atoms with Gasteiger partial charge >= 0.3 is 5.97 Å². The molecule has 2 N–H and O–H groups in total. The number of carbonyl (C=O) groups is 1. The quantitative estimate of drug-likeness (QED) is 0.674. The number of nitrogens with two attached hydrogens (primary N) is 1. The molecular formula is C14H13Cl2N3O2. The molecule has 1 unspecified atom stereocenters. The number of rotatable bonds is 5. The third kappa shape index (κ3) is 4.97. The van der Waals surface area contributed by atoms with E-state index in [2.05, 4.69) is 9.97 Å². The maximum Gasteiger partial charge on any atom is 0.323 e. The molecule has 2 aromatic heterocycles. The molecule has 1 atom stereocenters. The molecule has 2 heterocycles. The number of halogens is 2. The molecule has 0 aliphatic rings. The third-order valence-corrected chi connectivity index (χ3v) is 3.07. The van der Waals surface area contributed by atoms with E-state index in [0.717, 1.165) is 5.56 Å². The zero-order valence-corrected chi connectivity index (χ0v) is 12.5. The molecule has 2 aromatic rings. The van der Waals surface area contributed by atoms with Gasteiger partial charge in [0.25, 0.3) is 0 Å². The van der Waals surface area contributed by atoms with E-state index in [1.807, 2.05) is 6.07 Å². The first-order chi connectivity index (χ1) is 10.0. The van der Waals surface area contributed by atoms with Crippen LogP contribution in [0.5, 0.6) is 0 Å². The Labute approximate surface area is 132 Å². The average molecular weight is 326 g/mol. The fourth-order valence-corrected chi connectivity index (χ4v) is 2.22. The van der Waals surface area contributed by atoms with E-state index >= 15 is 0 Å². The van der Waals surface area contributed by atoms with Gasteiger partial charge < -0.3 is 10.5 Å². The molecule has 0 fully saturated rings. The predicted molar refractivity (Wildman–Crippen MR) is 80.0 cm³/mol. The standard InChI is InChI=1S/C14H13Cl2N3O2/c15-12-5-10(6-13(16)19-12)8-21-14(20)11(17)4-9-2-1-3-18-7-9/h1-3,5-7,11H,4,8,17H2. The van der Waals surface area contributed by atoms with Crippen LogP contribution < -0.4 is 5.73 Å². The minimum atomic E-state index is -0.748. The summed E-state index contributed by atoms with van der Waals surface area (Å²) in [5.41, 5.74) is 7.33. The zero-order valence-electron chi connectivity index (χ0n) is 11.0. The molecule has 0 aromatic carbocycles. The summed E-state index contributed by atoms with van der Waals surface area (Å²) >= 11 is 11.5. The molecule has 0 saturated carbocycles. The fraction of sp³-hybridized carbons (Fsp3) is 0.214. The highest BCUT2D eigenvalue weighted by atomic mass is 35.5. The zero-order chi connectivity index (χ0) is 15.2. The van der Waals surface area contributed by atoms with Crippen LogP contribution >= 0.6 is 23.2 Å². The summed E-state index contributed by atoms with van der Waals surface area (Å²) < 4.78 is 5.14. The number of ether oxygens (including phenoxy) is 1. The van der Waals surface area contributed by atoms with Gasteiger partial charge in [-0.25, -0.2) is 4.98 Å². The monoisotopic (exact) mass is 325 g/mol. The van der Waals surface area contributed by atoms with Gasteiger partial charge in [-0.2, -0.15) is 0 Å². The summed E-state index contributed by atoms with van der Waals surface area (Å²) in [4.78, 5) is 19.6. The van der Waals surface area contributed by atoms with Crippen molar-refractivity contribution in [3.8, 4) is 0 Å². The number of carbonyl (C=O) groups excluding carboxylic acids is 1. The number of hydrogen-bond donors (Lipinski definition) is 1. The van der Waals surface area contributed by atoms with Crippen LogP contribution in [0.15, 0.2) is 36.7 Å². The first kappa shape index (κ1) is 15.7. The Morgan fingerprint density at radius 3 is 2.62 bits per heavy atom. The highest BCUT2D eigenvalue weighted by molar-refractivity contribution is 6.32. The molecule has 2 rings (SSSR count). The fourth-order valence-electron chi connectivity index (χ4n) is 1.72. The normalized spacial score (nSPS) is 12.0. The van der Waals surface area contributed by atoms with Crippen molar-refractivity contribution in [3.05, 3.63) is 58.1 Å². The van der Waals surface area contributed by atoms with Gasteiger partial charge in [0.2, 0.25) is 0 Å². The molecule has 0 radical (unpaired) electrons. The Bertz CT molecular complexity index is 603. The average Bonchev–Trinajstić information content (AvgIpc) is 2.44. The largest absolute Gasteiger partial charge is 0.460 e. The molecule has 21 heavy (non-hydrogen) atoms. The SMILES string of the molecule is NC(Cc1cccnc1)C(=O)OCc1cc(Cl)nc(Cl)c1. The molecular weight excluding hydrogens is 313 g/mol. The molecule has 110 valence electrons. The number of nitrogens with zero attached hydrogens (tertiary/aromatic N) is 2. The van der Waals surface area contributed by atoms with Crippen molar-refractivity contribution in [3.63, 3.8) is 0 Å². The van der Waals surface area contributed by atoms with Gasteiger partial charge in [0, 0.05) is 12.4 Å². The topological polar surface area (TPSA) is 78.1 Å². The molecule has 7 heteroatoms. The van der Waals surface area contributed by atoms with E-state index in [1.54, 1.807) is 30.6 Å². The van der Waals surface area contributed by atoms with Gasteiger partial charge in [-0.1, -0.05) is 29.3 Å². The van der Waals surface area contributed by atoms with Crippen molar-refractivity contribution in [2.45, 2.75) is 19.1 Å². The van der Waals surface area contributed by atoms with E-state index in [9.17, 15) is 4.79 Å². The Morgan fingerprint density at radius 2 is 2.00 bits per heavy atom. The molecule has 0 amide bonds. The highest BCUT2D eigenvalue weighted by Crippen LogP contribution is 2.15. The first-order valence-electron chi connectivity index (χ1n) is 6.17. The van der Waals surface area contributed by atoms with Crippen molar-refractivity contribution in [1.82, 2.24) is 9.97 Å². The molecule has 0 aliphatic carbocycles. The Hall–Kier alpha value is -1.69. The van der Waals surface area contributed by atoms with Crippen molar-refractivity contribution in [2.24, 2.45) is 5.73 Å². The third-order valence-electron chi connectivity index (χ3n) is 2.68. The van der Waals surface area contributed by atoms with E-state index in [1.165, 1.54) is 0 Å². The summed E-state index contributed by atoms with van der Waals surface area (Å²) in [6, 6.07) is 6.04. The highest BCUT2D eigenvalue weighted by Gasteiger charge is 2.16. The van der Waals surface area contributed by atoms with Crippen molar-refractivity contribution >= 4 is 29.2 Å². The first-order valence-corrected chi connectivity index (χ1v) is 6.93. The minimum Gasteiger partial charge on any atom is -0.460 e. The lowest BCUT2D eigenvalue weighted by atomic mass is 10.1. The number of esters is 1. The maximum atomic E-state index is 11.8. The molecule has 0 saturated heterocycles. The van der Waals surface area contributed by atoms with Crippen LogP contribution in [0.3, 0.4) is 0 Å². The second-order valence-corrected chi connectivity index (χ2v) is 5.17. The Morgan fingerprint density at radius 1 is 1.29 bits per heavy atom. The lowest BCUT2D eigenvalue weighted by molar-refractivity contribution is -0.146. The maximum absolute atomic E-state index is 11.8. The Balaban J connectivity index is 1.89. The van der Waals surface area contributed by atoms with Crippen molar-refractivity contribution in [1.29, 1.82) is 0 Å². The van der Waals surface area contributed by atoms with E-state index in [0.29, 0.717) is 12.0 Å². The lowest BCUT2D eigenvalue weighted by Crippen LogP contribution is -2.34. The van der Waals surface area contributed by atoms with Gasteiger partial charge in [-0.15, -0.1) is 0 Å². The van der Waals surface area contributed by atoms with Gasteiger partial charge in [-0.05, 0) is 35.7 Å². The summed E-state index contributed by atoms with van der Waals surface area (Å²) in [6.45, 7) is 0.0432. The van der Waals surface area contributed by atoms with Crippen LogP contribution in [0.4, 0.5) is 0 Å². The summed E-state index contributed by atoms with van der Waals surface area (Å²) in [6.07, 6.45) is 3.68. The van der Waals surface area contributed by atoms with Gasteiger partial charge in [0.1, 0.15) is 23.0 Å². The van der Waals surface area contributed by atoms with E-state index in [-0.39, 0.29) is 16.9 Å². The van der Waals surface area contributed by atoms with Crippen LogP contribution in [0.1, 0.15) is 11.1 Å². The minimum absolute atomic E-state index is 0.0432. The van der Waals surface area contributed by atoms with Crippen molar-refractivity contribution < 1.29 is 9.53 Å². The summed E-state index contributed by atoms with van der Waals surface area (Å²) in [5.74, 6) is -0.497. The number of aromatic nitrogens is 2. The van der Waals surface area contributed by atoms with Crippen LogP contribution in [-0.2, 0) is 22.6 Å². The second kappa shape index (κ2) is 7.36. The van der Waals surface area contributed by atoms with Gasteiger partial charge in [-0.3, -0.25) is 9.78 Å². The van der Waals surface area contributed by atoms with Gasteiger partial charge in [0.05, 0.1) is 0 Å². The Kier molecular flexibility index (Phi) is 5.50. The van der Waals surface area contributed by atoms with Crippen molar-refractivity contribution in [2.75, 3.05) is 0 Å². The molecule has 0 spiro atoms. The number of pyridine rings is 2. The lowest BCUT2D eigenvalue weighted by Gasteiger charge is -2.11. The van der Waals surface area contributed by atoms with E-state index in [4.69, 9.17) is 33.7 Å². The van der Waals surface area contributed by atoms with Crippen LogP contribution in [0, 0.1) is 0 Å². The van der Waals surface area contributed by atoms with E-state index < -0.39 is 12.0 Å².